The fraction of sp³-hybridized carbons (Fsp3) is 0.450. The molecule has 0 spiro atoms. The van der Waals surface area contributed by atoms with Crippen molar-refractivity contribution < 1.29 is 9.18 Å². The number of amides is 1. The Morgan fingerprint density at radius 2 is 1.75 bits per heavy atom. The van der Waals surface area contributed by atoms with Crippen molar-refractivity contribution in [2.24, 2.45) is 0 Å². The van der Waals surface area contributed by atoms with Gasteiger partial charge in [0.05, 0.1) is 5.56 Å². The van der Waals surface area contributed by atoms with Gasteiger partial charge in [-0.2, -0.15) is 0 Å². The summed E-state index contributed by atoms with van der Waals surface area (Å²) in [5, 5.41) is 6.44. The maximum atomic E-state index is 13.7. The predicted molar refractivity (Wildman–Crippen MR) is 112 cm³/mol. The van der Waals surface area contributed by atoms with E-state index in [0.29, 0.717) is 6.04 Å². The Morgan fingerprint density at radius 1 is 1.11 bits per heavy atom. The fourth-order valence-corrected chi connectivity index (χ4v) is 3.35. The number of rotatable bonds is 5. The molecule has 1 fully saturated rings. The number of anilines is 2. The zero-order valence-electron chi connectivity index (χ0n) is 16.4. The average molecular weight is 408 g/mol. The highest BCUT2D eigenvalue weighted by molar-refractivity contribution is 5.94. The quantitative estimate of drug-likeness (QED) is 0.793. The number of halogens is 2. The molecular formula is C20H27ClFN5O. The molecule has 1 aliphatic rings. The van der Waals surface area contributed by atoms with E-state index in [4.69, 9.17) is 0 Å². The SMILES string of the molecule is Cc1nc(N[C@H]2CC[C@@H](NC(=O)c3ccccc3F)CC2)cc(N(C)C)n1.Cl. The molecular weight excluding hydrogens is 381 g/mol. The Hall–Kier alpha value is -2.41. The second-order valence-electron chi connectivity index (χ2n) is 7.20. The monoisotopic (exact) mass is 407 g/mol. The summed E-state index contributed by atoms with van der Waals surface area (Å²) >= 11 is 0. The zero-order valence-corrected chi connectivity index (χ0v) is 17.2. The van der Waals surface area contributed by atoms with Crippen LogP contribution in [0.2, 0.25) is 0 Å². The molecule has 0 atom stereocenters. The van der Waals surface area contributed by atoms with Crippen LogP contribution in [-0.2, 0) is 0 Å². The van der Waals surface area contributed by atoms with Crippen molar-refractivity contribution in [2.45, 2.75) is 44.7 Å². The van der Waals surface area contributed by atoms with E-state index in [1.54, 1.807) is 12.1 Å². The minimum atomic E-state index is -0.485. The minimum Gasteiger partial charge on any atom is -0.367 e. The number of hydrogen-bond donors (Lipinski definition) is 2. The first-order chi connectivity index (χ1) is 12.9. The van der Waals surface area contributed by atoms with Gasteiger partial charge >= 0.3 is 0 Å². The van der Waals surface area contributed by atoms with E-state index in [1.165, 1.54) is 12.1 Å². The van der Waals surface area contributed by atoms with Gasteiger partial charge in [0.25, 0.3) is 5.91 Å². The van der Waals surface area contributed by atoms with Crippen LogP contribution in [0.15, 0.2) is 30.3 Å². The first-order valence-corrected chi connectivity index (χ1v) is 9.27. The van der Waals surface area contributed by atoms with Gasteiger partial charge in [-0.1, -0.05) is 12.1 Å². The van der Waals surface area contributed by atoms with Gasteiger partial charge in [-0.25, -0.2) is 14.4 Å². The van der Waals surface area contributed by atoms with Gasteiger partial charge in [-0.3, -0.25) is 4.79 Å². The summed E-state index contributed by atoms with van der Waals surface area (Å²) in [4.78, 5) is 23.1. The number of carbonyl (C=O) groups is 1. The third kappa shape index (κ3) is 5.55. The smallest absolute Gasteiger partial charge is 0.254 e. The molecule has 1 heterocycles. The second-order valence-corrected chi connectivity index (χ2v) is 7.20. The molecule has 0 saturated heterocycles. The lowest BCUT2D eigenvalue weighted by molar-refractivity contribution is 0.0922. The van der Waals surface area contributed by atoms with Crippen LogP contribution < -0.4 is 15.5 Å². The molecule has 152 valence electrons. The van der Waals surface area contributed by atoms with Crippen molar-refractivity contribution in [1.82, 2.24) is 15.3 Å². The van der Waals surface area contributed by atoms with E-state index in [2.05, 4.69) is 20.6 Å². The summed E-state index contributed by atoms with van der Waals surface area (Å²) in [6.07, 6.45) is 3.54. The molecule has 0 bridgehead atoms. The van der Waals surface area contributed by atoms with Crippen molar-refractivity contribution in [3.05, 3.63) is 47.5 Å². The number of aromatic nitrogens is 2. The van der Waals surface area contributed by atoms with Crippen molar-refractivity contribution in [1.29, 1.82) is 0 Å². The zero-order chi connectivity index (χ0) is 19.4. The van der Waals surface area contributed by atoms with E-state index < -0.39 is 5.82 Å². The normalized spacial score (nSPS) is 18.7. The number of nitrogens with zero attached hydrogens (tertiary/aromatic N) is 3. The Kier molecular flexibility index (Phi) is 7.57. The summed E-state index contributed by atoms with van der Waals surface area (Å²) in [5.41, 5.74) is 0.102. The fourth-order valence-electron chi connectivity index (χ4n) is 3.35. The molecule has 1 aromatic heterocycles. The summed E-state index contributed by atoms with van der Waals surface area (Å²) in [6.45, 7) is 1.88. The Bertz CT molecular complexity index is 809. The predicted octanol–water partition coefficient (Wildman–Crippen LogP) is 3.57. The number of carbonyl (C=O) groups excluding carboxylic acids is 1. The van der Waals surface area contributed by atoms with E-state index in [1.807, 2.05) is 32.0 Å². The van der Waals surface area contributed by atoms with Crippen molar-refractivity contribution in [2.75, 3.05) is 24.3 Å². The van der Waals surface area contributed by atoms with Gasteiger partial charge < -0.3 is 15.5 Å². The Morgan fingerprint density at radius 3 is 2.39 bits per heavy atom. The topological polar surface area (TPSA) is 70.2 Å². The highest BCUT2D eigenvalue weighted by Gasteiger charge is 2.24. The van der Waals surface area contributed by atoms with Crippen LogP contribution in [0.5, 0.6) is 0 Å². The molecule has 8 heteroatoms. The molecule has 3 rings (SSSR count). The molecule has 2 N–H and O–H groups in total. The second kappa shape index (κ2) is 9.68. The number of aryl methyl sites for hydroxylation is 1. The van der Waals surface area contributed by atoms with E-state index >= 15 is 0 Å². The van der Waals surface area contributed by atoms with Crippen LogP contribution in [-0.4, -0.2) is 42.1 Å². The van der Waals surface area contributed by atoms with Gasteiger partial charge in [0.2, 0.25) is 0 Å². The van der Waals surface area contributed by atoms with Gasteiger partial charge in [0.1, 0.15) is 23.3 Å². The van der Waals surface area contributed by atoms with Crippen LogP contribution in [0.1, 0.15) is 41.9 Å². The first kappa shape index (κ1) is 21.9. The number of benzene rings is 1. The number of hydrogen-bond acceptors (Lipinski definition) is 5. The molecule has 6 nitrogen and oxygen atoms in total. The van der Waals surface area contributed by atoms with E-state index in [-0.39, 0.29) is 29.9 Å². The average Bonchev–Trinajstić information content (AvgIpc) is 2.63. The van der Waals surface area contributed by atoms with Crippen molar-refractivity contribution >= 4 is 29.9 Å². The summed E-state index contributed by atoms with van der Waals surface area (Å²) in [7, 11) is 3.91. The van der Waals surface area contributed by atoms with Gasteiger partial charge in [0.15, 0.2) is 0 Å². The van der Waals surface area contributed by atoms with Crippen molar-refractivity contribution in [3.8, 4) is 0 Å². The largest absolute Gasteiger partial charge is 0.367 e. The molecule has 1 aromatic carbocycles. The minimum absolute atomic E-state index is 0. The summed E-state index contributed by atoms with van der Waals surface area (Å²) in [5.74, 6) is 1.60. The van der Waals surface area contributed by atoms with Gasteiger partial charge in [-0.15, -0.1) is 12.4 Å². The molecule has 2 aromatic rings. The summed E-state index contributed by atoms with van der Waals surface area (Å²) in [6, 6.07) is 8.39. The third-order valence-corrected chi connectivity index (χ3v) is 4.82. The molecule has 0 radical (unpaired) electrons. The lowest BCUT2D eigenvalue weighted by Gasteiger charge is -2.30. The molecule has 1 saturated carbocycles. The number of nitrogens with one attached hydrogen (secondary N) is 2. The maximum absolute atomic E-state index is 13.7. The lowest BCUT2D eigenvalue weighted by Crippen LogP contribution is -2.40. The highest BCUT2D eigenvalue weighted by atomic mass is 35.5. The van der Waals surface area contributed by atoms with Crippen LogP contribution in [0, 0.1) is 12.7 Å². The standard InChI is InChI=1S/C20H26FN5O.ClH/c1-13-22-18(12-19(23-13)26(2)3)24-14-8-10-15(11-9-14)25-20(27)16-6-4-5-7-17(16)21;/h4-7,12,14-15H,8-11H2,1-3H3,(H,25,27)(H,22,23,24);1H/t14-,15+;. The Labute approximate surface area is 171 Å². The summed E-state index contributed by atoms with van der Waals surface area (Å²) < 4.78 is 13.7. The molecule has 1 amide bonds. The molecule has 0 aliphatic heterocycles. The third-order valence-electron chi connectivity index (χ3n) is 4.82. The highest BCUT2D eigenvalue weighted by Crippen LogP contribution is 2.23. The van der Waals surface area contributed by atoms with Crippen LogP contribution >= 0.6 is 12.4 Å². The van der Waals surface area contributed by atoms with Crippen LogP contribution in [0.3, 0.4) is 0 Å². The van der Waals surface area contributed by atoms with Crippen LogP contribution in [0.25, 0.3) is 0 Å². The first-order valence-electron chi connectivity index (χ1n) is 9.27. The van der Waals surface area contributed by atoms with E-state index in [9.17, 15) is 9.18 Å². The lowest BCUT2D eigenvalue weighted by atomic mass is 9.91. The molecule has 1 aliphatic carbocycles. The van der Waals surface area contributed by atoms with Gasteiger partial charge in [-0.05, 0) is 44.7 Å². The van der Waals surface area contributed by atoms with E-state index in [0.717, 1.165) is 43.1 Å². The Balaban J connectivity index is 0.00000280. The maximum Gasteiger partial charge on any atom is 0.254 e. The molecule has 0 unspecified atom stereocenters. The van der Waals surface area contributed by atoms with Crippen molar-refractivity contribution in [3.63, 3.8) is 0 Å². The van der Waals surface area contributed by atoms with Gasteiger partial charge in [0, 0.05) is 32.2 Å². The molecule has 28 heavy (non-hydrogen) atoms. The van der Waals surface area contributed by atoms with Crippen LogP contribution in [0.4, 0.5) is 16.0 Å².